The van der Waals surface area contributed by atoms with E-state index in [4.69, 9.17) is 23.6 Å². The summed E-state index contributed by atoms with van der Waals surface area (Å²) in [6, 6.07) is 37.1. The molecule has 4 saturated heterocycles. The second-order valence-electron chi connectivity index (χ2n) is 21.8. The lowest BCUT2D eigenvalue weighted by molar-refractivity contribution is -0.196. The molecule has 0 unspecified atom stereocenters. The van der Waals surface area contributed by atoms with Gasteiger partial charge in [-0.1, -0.05) is 106 Å². The first-order valence-electron chi connectivity index (χ1n) is 25.4. The highest BCUT2D eigenvalue weighted by molar-refractivity contribution is 6.74. The summed E-state index contributed by atoms with van der Waals surface area (Å²) >= 11 is 0. The molecule has 14 nitrogen and oxygen atoms in total. The molecule has 0 aliphatic carbocycles. The molecule has 4 fully saturated rings. The van der Waals surface area contributed by atoms with Crippen molar-refractivity contribution in [2.24, 2.45) is 11.8 Å². The van der Waals surface area contributed by atoms with Gasteiger partial charge in [0.05, 0.1) is 38.1 Å². The molecule has 0 saturated carbocycles. The van der Waals surface area contributed by atoms with E-state index in [1.807, 2.05) is 37.1 Å². The molecule has 15 heteroatoms. The number of aliphatic hydroxyl groups excluding tert-OH is 1. The van der Waals surface area contributed by atoms with E-state index in [-0.39, 0.29) is 53.7 Å². The largest absolute Gasteiger partial charge is 0.461 e. The van der Waals surface area contributed by atoms with Crippen LogP contribution in [-0.4, -0.2) is 149 Å². The molecular formula is C56H80N6O8Si. The van der Waals surface area contributed by atoms with E-state index < -0.39 is 26.5 Å². The zero-order valence-electron chi connectivity index (χ0n) is 44.1. The highest BCUT2D eigenvalue weighted by Crippen LogP contribution is 2.42. The van der Waals surface area contributed by atoms with Gasteiger partial charge in [-0.3, -0.25) is 19.3 Å². The van der Waals surface area contributed by atoms with Crippen molar-refractivity contribution in [1.29, 1.82) is 0 Å². The smallest absolute Gasteiger partial charge is 0.326 e. The van der Waals surface area contributed by atoms with Crippen LogP contribution in [0.5, 0.6) is 0 Å². The molecule has 4 aliphatic rings. The van der Waals surface area contributed by atoms with Crippen LogP contribution in [0.3, 0.4) is 0 Å². The molecule has 0 aromatic heterocycles. The van der Waals surface area contributed by atoms with Crippen molar-refractivity contribution >= 4 is 31.6 Å². The number of hydrogen-bond donors (Lipinski definition) is 1. The topological polar surface area (TPSA) is 120 Å². The second kappa shape index (κ2) is 23.9. The minimum absolute atomic E-state index is 0.0416. The predicted molar refractivity (Wildman–Crippen MR) is 282 cm³/mol. The Labute approximate surface area is 424 Å². The molecule has 4 aromatic carbocycles. The Morgan fingerprint density at radius 2 is 1.00 bits per heavy atom. The average molecular weight is 993 g/mol. The van der Waals surface area contributed by atoms with Gasteiger partial charge < -0.3 is 38.6 Å². The van der Waals surface area contributed by atoms with Crippen LogP contribution >= 0.6 is 0 Å². The third-order valence-corrected chi connectivity index (χ3v) is 19.3. The quantitative estimate of drug-likeness (QED) is 0.0691. The molecule has 4 aromatic rings. The van der Waals surface area contributed by atoms with E-state index in [1.54, 1.807) is 5.06 Å². The zero-order valence-corrected chi connectivity index (χ0v) is 45.1. The van der Waals surface area contributed by atoms with Gasteiger partial charge in [-0.05, 0) is 107 Å². The number of ether oxygens (including phenoxy) is 2. The molecule has 0 amide bonds. The van der Waals surface area contributed by atoms with E-state index in [9.17, 15) is 14.7 Å². The van der Waals surface area contributed by atoms with Gasteiger partial charge in [0.1, 0.15) is 36.5 Å². The summed E-state index contributed by atoms with van der Waals surface area (Å²) in [4.78, 5) is 46.9. The number of aliphatic hydroxyl groups is 1. The van der Waals surface area contributed by atoms with Crippen molar-refractivity contribution in [2.45, 2.75) is 115 Å². The number of esters is 2. The Bertz CT molecular complexity index is 2340. The molecular weight excluding hydrogens is 913 g/mol. The van der Waals surface area contributed by atoms with Gasteiger partial charge in [0, 0.05) is 50.6 Å². The molecule has 0 radical (unpaired) electrons. The number of nitrogens with zero attached hydrogens (tertiary/aromatic N) is 6. The van der Waals surface area contributed by atoms with Crippen LogP contribution in [0.4, 0.5) is 11.4 Å². The van der Waals surface area contributed by atoms with Gasteiger partial charge in [0.25, 0.3) is 0 Å². The molecule has 0 spiro atoms. The summed E-state index contributed by atoms with van der Waals surface area (Å²) < 4.78 is 17.6. The Balaban J connectivity index is 0.000000213. The number of fused-ring (bicyclic) bond motifs is 2. The Morgan fingerprint density at radius 1 is 0.592 bits per heavy atom. The van der Waals surface area contributed by atoms with Crippen LogP contribution in [0.2, 0.25) is 18.1 Å². The Kier molecular flexibility index (Phi) is 18.2. The third kappa shape index (κ3) is 13.7. The summed E-state index contributed by atoms with van der Waals surface area (Å²) in [7, 11) is 6.41. The lowest BCUT2D eigenvalue weighted by Gasteiger charge is -2.37. The van der Waals surface area contributed by atoms with Crippen LogP contribution in [-0.2, 0) is 59.3 Å². The molecule has 386 valence electrons. The normalized spacial score (nSPS) is 24.4. The van der Waals surface area contributed by atoms with Crippen LogP contribution in [0.1, 0.15) is 56.9 Å². The zero-order chi connectivity index (χ0) is 51.0. The van der Waals surface area contributed by atoms with Gasteiger partial charge in [0.15, 0.2) is 8.32 Å². The van der Waals surface area contributed by atoms with Crippen LogP contribution in [0.25, 0.3) is 0 Å². The summed E-state index contributed by atoms with van der Waals surface area (Å²) in [5, 5.41) is 13.4. The van der Waals surface area contributed by atoms with Crippen molar-refractivity contribution < 1.29 is 38.3 Å². The summed E-state index contributed by atoms with van der Waals surface area (Å²) in [5.41, 5.74) is 6.98. The summed E-state index contributed by atoms with van der Waals surface area (Å²) in [5.74, 6) is -0.660. The second-order valence-corrected chi connectivity index (χ2v) is 26.6. The van der Waals surface area contributed by atoms with Gasteiger partial charge in [0.2, 0.25) is 0 Å². The maximum absolute atomic E-state index is 12.9. The fraction of sp³-hybridized carbons (Fsp3) is 0.536. The number of hydrogen-bond acceptors (Lipinski definition) is 14. The number of benzene rings is 4. The van der Waals surface area contributed by atoms with Crippen LogP contribution in [0, 0.1) is 11.8 Å². The van der Waals surface area contributed by atoms with E-state index in [2.05, 4.69) is 173 Å². The number of carbonyl (C=O) groups is 2. The molecule has 4 aliphatic heterocycles. The van der Waals surface area contributed by atoms with E-state index in [1.165, 1.54) is 11.1 Å². The van der Waals surface area contributed by atoms with Crippen molar-refractivity contribution in [1.82, 2.24) is 19.9 Å². The number of carbonyl (C=O) groups excluding carboxylic acids is 2. The molecule has 8 atom stereocenters. The molecule has 71 heavy (non-hydrogen) atoms. The molecule has 8 rings (SSSR count). The van der Waals surface area contributed by atoms with E-state index >= 15 is 0 Å². The first kappa shape index (κ1) is 54.1. The fourth-order valence-electron chi connectivity index (χ4n) is 9.73. The van der Waals surface area contributed by atoms with Crippen molar-refractivity contribution in [3.05, 3.63) is 131 Å². The maximum Gasteiger partial charge on any atom is 0.326 e. The maximum atomic E-state index is 12.9. The highest BCUT2D eigenvalue weighted by Gasteiger charge is 2.57. The number of anilines is 2. The minimum Gasteiger partial charge on any atom is -0.461 e. The lowest BCUT2D eigenvalue weighted by atomic mass is 9.93. The van der Waals surface area contributed by atoms with Crippen molar-refractivity contribution in [3.8, 4) is 0 Å². The van der Waals surface area contributed by atoms with Crippen LogP contribution < -0.4 is 9.80 Å². The first-order valence-corrected chi connectivity index (χ1v) is 28.3. The Hall–Kier alpha value is -4.68. The highest BCUT2D eigenvalue weighted by atomic mass is 28.4. The SMILES string of the molecule is C[C@@H]1OC(=O)[C@@H]2[C@H]1[C@H](CO)ON2Cc1cccc(N(CCN(C)C)Cc2ccccc2)c1.C[C@@H]1OC(=O)[C@@H]2[C@H]1[C@H](CO[Si](C)(C)C(C)(C)C)ON2Cc1cccc(N(CCN(C)C)Cc2ccccc2)c1. The number of rotatable bonds is 20. The summed E-state index contributed by atoms with van der Waals surface area (Å²) in [6.45, 7) is 21.7. The Morgan fingerprint density at radius 3 is 1.41 bits per heavy atom. The van der Waals surface area contributed by atoms with Gasteiger partial charge in [-0.15, -0.1) is 0 Å². The number of likely N-dealkylation sites (N-methyl/N-ethyl adjacent to an activating group) is 2. The fourth-order valence-corrected chi connectivity index (χ4v) is 10.7. The summed E-state index contributed by atoms with van der Waals surface area (Å²) in [6.07, 6.45) is -1.07. The molecule has 0 bridgehead atoms. The van der Waals surface area contributed by atoms with Gasteiger partial charge in [-0.2, -0.15) is 10.1 Å². The van der Waals surface area contributed by atoms with E-state index in [0.717, 1.165) is 61.8 Å². The molecule has 4 heterocycles. The number of cyclic esters (lactones) is 2. The molecule has 1 N–H and O–H groups in total. The lowest BCUT2D eigenvalue weighted by Crippen LogP contribution is -2.44. The van der Waals surface area contributed by atoms with Crippen molar-refractivity contribution in [3.63, 3.8) is 0 Å². The standard InChI is InChI=1S/C31H47N3O4Si.C25H33N3O4/c1-23-28-27(22-36-39(7,8)31(2,3)4)38-34(29(28)30(35)37-23)21-25-15-12-16-26(19-25)33(18-17-32(5)6)20-24-13-10-9-11-14-24;1-18-23-22(17-29)32-28(24(23)25(30)31-18)16-20-10-7-11-21(14-20)27(13-12-26(2)3)15-19-8-5-4-6-9-19/h9-16,19,23,27-29H,17-18,20-22H2,1-8H3;4-11,14,18,22-24,29H,12-13,15-17H2,1-3H3/t23-,27-,28+,29-;18-,22-,23+,24-/m00/s1. The van der Waals surface area contributed by atoms with E-state index in [0.29, 0.717) is 19.7 Å². The van der Waals surface area contributed by atoms with Crippen LogP contribution in [0.15, 0.2) is 109 Å². The van der Waals surface area contributed by atoms with Gasteiger partial charge >= 0.3 is 11.9 Å². The average Bonchev–Trinajstić information content (AvgIpc) is 4.06. The van der Waals surface area contributed by atoms with Gasteiger partial charge in [-0.25, -0.2) is 0 Å². The predicted octanol–water partition coefficient (Wildman–Crippen LogP) is 7.62. The number of hydroxylamine groups is 4. The van der Waals surface area contributed by atoms with Crippen molar-refractivity contribution in [2.75, 3.05) is 77.4 Å². The first-order chi connectivity index (χ1) is 33.8. The minimum atomic E-state index is -1.95. The third-order valence-electron chi connectivity index (χ3n) is 14.8. The monoisotopic (exact) mass is 993 g/mol.